The summed E-state index contributed by atoms with van der Waals surface area (Å²) in [5.74, 6) is -0.381. The molecule has 186 valence electrons. The normalized spacial score (nSPS) is 17.4. The van der Waals surface area contributed by atoms with Gasteiger partial charge in [0.25, 0.3) is 0 Å². The van der Waals surface area contributed by atoms with Crippen LogP contribution in [0.2, 0.25) is 10.0 Å². The Morgan fingerprint density at radius 2 is 1.32 bits per heavy atom. The first kappa shape index (κ1) is 24.9. The first-order valence-corrected chi connectivity index (χ1v) is 12.8. The Balaban J connectivity index is 1.77. The monoisotopic (exact) mass is 528 g/mol. The van der Waals surface area contributed by atoms with E-state index in [2.05, 4.69) is 22.3 Å². The summed E-state index contributed by atoms with van der Waals surface area (Å²) in [6, 6.07) is 35.0. The Kier molecular flexibility index (Phi) is 7.50. The van der Waals surface area contributed by atoms with E-state index >= 15 is 0 Å². The van der Waals surface area contributed by atoms with Crippen LogP contribution in [-0.2, 0) is 9.53 Å². The number of hydrogen-bond donors (Lipinski definition) is 1. The minimum Gasteiger partial charge on any atom is -0.466 e. The molecule has 0 radical (unpaired) electrons. The number of anilines is 2. The molecule has 0 spiro atoms. The maximum Gasteiger partial charge on any atom is 0.337 e. The SMILES string of the molecule is COC(=O)C1=C(Nc2ccccc2)CC(c2ccc(Cl)cc2)N(c2ccccc2)C1c1ccc(Cl)cc1. The highest BCUT2D eigenvalue weighted by Gasteiger charge is 2.41. The van der Waals surface area contributed by atoms with Crippen LogP contribution in [0.4, 0.5) is 11.4 Å². The molecular weight excluding hydrogens is 503 g/mol. The molecule has 37 heavy (non-hydrogen) atoms. The lowest BCUT2D eigenvalue weighted by Crippen LogP contribution is -2.41. The van der Waals surface area contributed by atoms with Gasteiger partial charge in [-0.3, -0.25) is 0 Å². The molecule has 0 saturated heterocycles. The van der Waals surface area contributed by atoms with Crippen LogP contribution >= 0.6 is 23.2 Å². The van der Waals surface area contributed by atoms with Gasteiger partial charge in [-0.1, -0.05) is 83.9 Å². The molecule has 4 nitrogen and oxygen atoms in total. The smallest absolute Gasteiger partial charge is 0.337 e. The Morgan fingerprint density at radius 1 is 0.784 bits per heavy atom. The van der Waals surface area contributed by atoms with E-state index in [-0.39, 0.29) is 12.0 Å². The number of halogens is 2. The van der Waals surface area contributed by atoms with Crippen molar-refractivity contribution in [1.29, 1.82) is 0 Å². The Hall–Kier alpha value is -3.73. The van der Waals surface area contributed by atoms with Crippen LogP contribution in [-0.4, -0.2) is 13.1 Å². The van der Waals surface area contributed by atoms with Gasteiger partial charge in [-0.2, -0.15) is 0 Å². The molecular formula is C31H26Cl2N2O2. The fourth-order valence-corrected chi connectivity index (χ4v) is 5.16. The summed E-state index contributed by atoms with van der Waals surface area (Å²) in [5, 5.41) is 4.85. The van der Waals surface area contributed by atoms with Gasteiger partial charge in [-0.25, -0.2) is 4.79 Å². The van der Waals surface area contributed by atoms with Crippen LogP contribution in [0.5, 0.6) is 0 Å². The number of nitrogens with one attached hydrogen (secondary N) is 1. The van der Waals surface area contributed by atoms with E-state index in [1.165, 1.54) is 7.11 Å². The second kappa shape index (κ2) is 11.1. The number of carbonyl (C=O) groups excluding carboxylic acids is 1. The third-order valence-electron chi connectivity index (χ3n) is 6.58. The molecule has 4 aromatic rings. The van der Waals surface area contributed by atoms with Crippen LogP contribution < -0.4 is 10.2 Å². The number of ether oxygens (including phenoxy) is 1. The minimum atomic E-state index is -0.437. The maximum atomic E-state index is 13.5. The molecule has 0 bridgehead atoms. The number of nitrogens with zero attached hydrogens (tertiary/aromatic N) is 1. The van der Waals surface area contributed by atoms with E-state index in [9.17, 15) is 4.79 Å². The predicted octanol–water partition coefficient (Wildman–Crippen LogP) is 8.23. The van der Waals surface area contributed by atoms with Gasteiger partial charge in [0.05, 0.1) is 24.8 Å². The lowest BCUT2D eigenvalue weighted by atomic mass is 9.84. The fourth-order valence-electron chi connectivity index (χ4n) is 4.91. The van der Waals surface area contributed by atoms with Gasteiger partial charge in [0, 0.05) is 33.5 Å². The maximum absolute atomic E-state index is 13.5. The number of rotatable bonds is 6. The minimum absolute atomic E-state index is 0.0973. The molecule has 1 aliphatic heterocycles. The lowest BCUT2D eigenvalue weighted by molar-refractivity contribution is -0.136. The van der Waals surface area contributed by atoms with E-state index in [1.54, 1.807) is 0 Å². The van der Waals surface area contributed by atoms with Gasteiger partial charge in [-0.15, -0.1) is 0 Å². The molecule has 6 heteroatoms. The summed E-state index contributed by atoms with van der Waals surface area (Å²) in [7, 11) is 1.42. The molecule has 0 aromatic heterocycles. The van der Waals surface area contributed by atoms with Gasteiger partial charge in [-0.05, 0) is 59.7 Å². The van der Waals surface area contributed by atoms with Crippen LogP contribution in [0.1, 0.15) is 29.6 Å². The van der Waals surface area contributed by atoms with Crippen molar-refractivity contribution in [2.75, 3.05) is 17.3 Å². The topological polar surface area (TPSA) is 41.6 Å². The van der Waals surface area contributed by atoms with Crippen molar-refractivity contribution < 1.29 is 9.53 Å². The summed E-state index contributed by atoms with van der Waals surface area (Å²) in [6.45, 7) is 0. The lowest BCUT2D eigenvalue weighted by Gasteiger charge is -2.46. The van der Waals surface area contributed by atoms with E-state index < -0.39 is 6.04 Å². The number of hydrogen-bond acceptors (Lipinski definition) is 4. The van der Waals surface area contributed by atoms with Crippen molar-refractivity contribution in [3.8, 4) is 0 Å². The summed E-state index contributed by atoms with van der Waals surface area (Å²) < 4.78 is 5.37. The fraction of sp³-hybridized carbons (Fsp3) is 0.129. The molecule has 1 heterocycles. The van der Waals surface area contributed by atoms with Crippen molar-refractivity contribution in [1.82, 2.24) is 0 Å². The summed E-state index contributed by atoms with van der Waals surface area (Å²) in [6.07, 6.45) is 0.556. The molecule has 1 N–H and O–H groups in total. The predicted molar refractivity (Wildman–Crippen MR) is 151 cm³/mol. The van der Waals surface area contributed by atoms with Crippen LogP contribution in [0.3, 0.4) is 0 Å². The average Bonchev–Trinajstić information content (AvgIpc) is 2.94. The third-order valence-corrected chi connectivity index (χ3v) is 7.08. The van der Waals surface area contributed by atoms with Crippen LogP contribution in [0, 0.1) is 0 Å². The van der Waals surface area contributed by atoms with Crippen molar-refractivity contribution >= 4 is 40.5 Å². The number of methoxy groups -OCH3 is 1. The number of benzene rings is 4. The molecule has 0 amide bonds. The van der Waals surface area contributed by atoms with Crippen LogP contribution in [0.15, 0.2) is 120 Å². The number of para-hydroxylation sites is 2. The van der Waals surface area contributed by atoms with Gasteiger partial charge < -0.3 is 15.0 Å². The number of esters is 1. The first-order valence-electron chi connectivity index (χ1n) is 12.0. The average molecular weight is 529 g/mol. The summed E-state index contributed by atoms with van der Waals surface area (Å²) in [5.41, 5.74) is 5.27. The van der Waals surface area contributed by atoms with Crippen molar-refractivity contribution in [2.24, 2.45) is 0 Å². The molecule has 0 fully saturated rings. The summed E-state index contributed by atoms with van der Waals surface area (Å²) >= 11 is 12.5. The zero-order valence-electron chi connectivity index (χ0n) is 20.3. The highest BCUT2D eigenvalue weighted by atomic mass is 35.5. The Bertz CT molecular complexity index is 1390. The van der Waals surface area contributed by atoms with E-state index in [1.807, 2.05) is 97.1 Å². The number of carbonyl (C=O) groups is 1. The molecule has 4 aromatic carbocycles. The van der Waals surface area contributed by atoms with Crippen molar-refractivity contribution in [3.63, 3.8) is 0 Å². The largest absolute Gasteiger partial charge is 0.466 e. The summed E-state index contributed by atoms with van der Waals surface area (Å²) in [4.78, 5) is 15.8. The van der Waals surface area contributed by atoms with Crippen LogP contribution in [0.25, 0.3) is 0 Å². The second-order valence-electron chi connectivity index (χ2n) is 8.84. The second-order valence-corrected chi connectivity index (χ2v) is 9.72. The van der Waals surface area contributed by atoms with Gasteiger partial charge in [0.1, 0.15) is 0 Å². The zero-order valence-corrected chi connectivity index (χ0v) is 21.8. The third kappa shape index (κ3) is 5.36. The highest BCUT2D eigenvalue weighted by Crippen LogP contribution is 2.48. The van der Waals surface area contributed by atoms with E-state index in [0.717, 1.165) is 28.2 Å². The van der Waals surface area contributed by atoms with Gasteiger partial charge >= 0.3 is 5.97 Å². The van der Waals surface area contributed by atoms with E-state index in [4.69, 9.17) is 27.9 Å². The first-order chi connectivity index (χ1) is 18.0. The molecule has 2 unspecified atom stereocenters. The Morgan fingerprint density at radius 3 is 1.89 bits per heavy atom. The molecule has 0 saturated carbocycles. The van der Waals surface area contributed by atoms with Gasteiger partial charge in [0.2, 0.25) is 0 Å². The van der Waals surface area contributed by atoms with Crippen molar-refractivity contribution in [2.45, 2.75) is 18.5 Å². The van der Waals surface area contributed by atoms with Gasteiger partial charge in [0.15, 0.2) is 0 Å². The standard InChI is InChI=1S/C31H26Cl2N2O2/c1-37-31(36)29-27(34-25-8-4-2-5-9-25)20-28(21-12-16-23(32)17-13-21)35(26-10-6-3-7-11-26)30(29)22-14-18-24(33)19-15-22/h2-19,28,30,34H,20H2,1H3. The molecule has 1 aliphatic rings. The molecule has 5 rings (SSSR count). The van der Waals surface area contributed by atoms with E-state index in [0.29, 0.717) is 22.0 Å². The Labute approximate surface area is 227 Å². The van der Waals surface area contributed by atoms with Crippen molar-refractivity contribution in [3.05, 3.63) is 142 Å². The quantitative estimate of drug-likeness (QED) is 0.256. The molecule has 2 atom stereocenters. The zero-order chi connectivity index (χ0) is 25.8. The highest BCUT2D eigenvalue weighted by molar-refractivity contribution is 6.30. The molecule has 0 aliphatic carbocycles.